The first-order valence-corrected chi connectivity index (χ1v) is 4.01. The summed E-state index contributed by atoms with van der Waals surface area (Å²) in [4.78, 5) is 0. The minimum Gasteiger partial charge on any atom is -0.505 e. The molecule has 0 amide bonds. The number of phenolic OH excluding ortho intramolecular Hbond substituents is 1. The van der Waals surface area contributed by atoms with E-state index < -0.39 is 0 Å². The van der Waals surface area contributed by atoms with Gasteiger partial charge in [-0.2, -0.15) is 5.10 Å². The minimum atomic E-state index is 0.131. The van der Waals surface area contributed by atoms with E-state index >= 15 is 0 Å². The average Bonchev–Trinajstić information content (AvgIpc) is 2.42. The van der Waals surface area contributed by atoms with Gasteiger partial charge in [0.2, 0.25) is 0 Å². The van der Waals surface area contributed by atoms with Gasteiger partial charge in [-0.05, 0) is 13.0 Å². The molecule has 3 N–H and O–H groups in total. The quantitative estimate of drug-likeness (QED) is 0.469. The van der Waals surface area contributed by atoms with E-state index in [1.165, 1.54) is 0 Å². The molecule has 4 nitrogen and oxygen atoms in total. The number of fused-ring (bicyclic) bond motifs is 1. The van der Waals surface area contributed by atoms with E-state index in [1.54, 1.807) is 17.7 Å². The van der Waals surface area contributed by atoms with Crippen LogP contribution < -0.4 is 5.73 Å². The molecule has 68 valence electrons. The summed E-state index contributed by atoms with van der Waals surface area (Å²) >= 11 is 0. The number of nitrogens with zero attached hydrogens (tertiary/aromatic N) is 2. The van der Waals surface area contributed by atoms with Crippen molar-refractivity contribution >= 4 is 16.6 Å². The maximum Gasteiger partial charge on any atom is 0.143 e. The Bertz CT molecular complexity index is 473. The third kappa shape index (κ3) is 1.02. The van der Waals surface area contributed by atoms with Crippen LogP contribution in [0.4, 0.5) is 5.69 Å². The molecule has 0 aliphatic rings. The molecule has 0 saturated carbocycles. The Morgan fingerprint density at radius 3 is 2.92 bits per heavy atom. The number of nitrogens with two attached hydrogens (primary N) is 1. The lowest BCUT2D eigenvalue weighted by Gasteiger charge is -2.02. The molecule has 2 rings (SSSR count). The lowest BCUT2D eigenvalue weighted by atomic mass is 10.1. The zero-order chi connectivity index (χ0) is 9.59. The molecule has 1 aromatic carbocycles. The molecule has 0 unspecified atom stereocenters. The van der Waals surface area contributed by atoms with Crippen LogP contribution in [-0.2, 0) is 7.05 Å². The summed E-state index contributed by atoms with van der Waals surface area (Å²) < 4.78 is 1.70. The zero-order valence-electron chi connectivity index (χ0n) is 7.57. The second-order valence-corrected chi connectivity index (χ2v) is 3.18. The van der Waals surface area contributed by atoms with E-state index in [1.807, 2.05) is 13.2 Å². The third-order valence-corrected chi connectivity index (χ3v) is 2.15. The summed E-state index contributed by atoms with van der Waals surface area (Å²) in [6.07, 6.45) is 1.87. The highest BCUT2D eigenvalue weighted by atomic mass is 16.3. The molecule has 0 aliphatic heterocycles. The van der Waals surface area contributed by atoms with Crippen LogP contribution in [-0.4, -0.2) is 14.9 Å². The van der Waals surface area contributed by atoms with Gasteiger partial charge >= 0.3 is 0 Å². The van der Waals surface area contributed by atoms with Crippen LogP contribution >= 0.6 is 0 Å². The average molecular weight is 177 g/mol. The van der Waals surface area contributed by atoms with Crippen LogP contribution in [0.25, 0.3) is 10.9 Å². The van der Waals surface area contributed by atoms with Crippen molar-refractivity contribution in [2.75, 3.05) is 5.73 Å². The molecule has 1 aromatic heterocycles. The van der Waals surface area contributed by atoms with Crippen LogP contribution in [0.3, 0.4) is 0 Å². The number of aryl methyl sites for hydroxylation is 2. The number of anilines is 1. The first kappa shape index (κ1) is 7.91. The van der Waals surface area contributed by atoms with E-state index in [0.717, 1.165) is 16.5 Å². The molecule has 0 spiro atoms. The van der Waals surface area contributed by atoms with Crippen molar-refractivity contribution < 1.29 is 5.11 Å². The first-order chi connectivity index (χ1) is 6.09. The molecule has 0 bridgehead atoms. The molecule has 13 heavy (non-hydrogen) atoms. The largest absolute Gasteiger partial charge is 0.505 e. The normalized spacial score (nSPS) is 10.9. The Balaban J connectivity index is 2.92. The van der Waals surface area contributed by atoms with Gasteiger partial charge in [0.15, 0.2) is 0 Å². The Hall–Kier alpha value is -1.71. The van der Waals surface area contributed by atoms with Gasteiger partial charge < -0.3 is 10.8 Å². The monoisotopic (exact) mass is 177 g/mol. The summed E-state index contributed by atoms with van der Waals surface area (Å²) in [5.41, 5.74) is 7.54. The predicted octanol–water partition coefficient (Wildman–Crippen LogP) is 1.17. The number of aromatic hydroxyl groups is 1. The van der Waals surface area contributed by atoms with Gasteiger partial charge in [0.25, 0.3) is 0 Å². The SMILES string of the molecule is Cc1c(O)c(N)cc2cn(C)nc12. The first-order valence-electron chi connectivity index (χ1n) is 4.01. The van der Waals surface area contributed by atoms with Gasteiger partial charge in [0.05, 0.1) is 11.2 Å². The smallest absolute Gasteiger partial charge is 0.143 e. The van der Waals surface area contributed by atoms with Crippen molar-refractivity contribution in [3.05, 3.63) is 17.8 Å². The number of hydrogen-bond donors (Lipinski definition) is 2. The molecule has 2 aromatic rings. The maximum atomic E-state index is 9.54. The van der Waals surface area contributed by atoms with Crippen LogP contribution in [0.5, 0.6) is 5.75 Å². The van der Waals surface area contributed by atoms with E-state index in [-0.39, 0.29) is 5.75 Å². The van der Waals surface area contributed by atoms with Gasteiger partial charge in [-0.1, -0.05) is 0 Å². The van der Waals surface area contributed by atoms with Crippen molar-refractivity contribution in [1.29, 1.82) is 0 Å². The number of nitrogen functional groups attached to an aromatic ring is 1. The highest BCUT2D eigenvalue weighted by Gasteiger charge is 2.09. The Morgan fingerprint density at radius 2 is 2.23 bits per heavy atom. The number of aromatic nitrogens is 2. The van der Waals surface area contributed by atoms with Crippen molar-refractivity contribution in [2.24, 2.45) is 7.05 Å². The highest BCUT2D eigenvalue weighted by molar-refractivity contribution is 5.88. The van der Waals surface area contributed by atoms with Crippen molar-refractivity contribution in [2.45, 2.75) is 6.92 Å². The maximum absolute atomic E-state index is 9.54. The fraction of sp³-hybridized carbons (Fsp3) is 0.222. The lowest BCUT2D eigenvalue weighted by molar-refractivity contribution is 0.474. The summed E-state index contributed by atoms with van der Waals surface area (Å²) in [5, 5.41) is 14.7. The fourth-order valence-electron chi connectivity index (χ4n) is 1.47. The number of phenols is 1. The molecule has 0 aliphatic carbocycles. The van der Waals surface area contributed by atoms with Crippen LogP contribution in [0.2, 0.25) is 0 Å². The Labute approximate surface area is 75.6 Å². The number of hydrogen-bond acceptors (Lipinski definition) is 3. The summed E-state index contributed by atoms with van der Waals surface area (Å²) in [6, 6.07) is 1.73. The van der Waals surface area contributed by atoms with Crippen molar-refractivity contribution in [3.8, 4) is 5.75 Å². The van der Waals surface area contributed by atoms with Crippen LogP contribution in [0.15, 0.2) is 12.3 Å². The van der Waals surface area contributed by atoms with Crippen molar-refractivity contribution in [3.63, 3.8) is 0 Å². The Kier molecular flexibility index (Phi) is 1.45. The summed E-state index contributed by atoms with van der Waals surface area (Å²) in [6.45, 7) is 1.81. The van der Waals surface area contributed by atoms with Gasteiger partial charge in [-0.3, -0.25) is 4.68 Å². The standard InChI is InChI=1S/C9H11N3O/c1-5-8-6(4-12(2)11-8)3-7(10)9(5)13/h3-4,13H,10H2,1-2H3. The molecule has 1 heterocycles. The minimum absolute atomic E-state index is 0.131. The molecular weight excluding hydrogens is 166 g/mol. The Morgan fingerprint density at radius 1 is 1.54 bits per heavy atom. The molecule has 0 atom stereocenters. The molecule has 0 saturated heterocycles. The second-order valence-electron chi connectivity index (χ2n) is 3.18. The van der Waals surface area contributed by atoms with E-state index in [2.05, 4.69) is 5.10 Å². The number of benzene rings is 1. The molecule has 0 radical (unpaired) electrons. The predicted molar refractivity (Wildman–Crippen MR) is 51.5 cm³/mol. The van der Waals surface area contributed by atoms with Crippen LogP contribution in [0, 0.1) is 6.92 Å². The third-order valence-electron chi connectivity index (χ3n) is 2.15. The van der Waals surface area contributed by atoms with Gasteiger partial charge in [-0.25, -0.2) is 0 Å². The molecule has 0 fully saturated rings. The van der Waals surface area contributed by atoms with Crippen molar-refractivity contribution in [1.82, 2.24) is 9.78 Å². The topological polar surface area (TPSA) is 64.1 Å². The van der Waals surface area contributed by atoms with Gasteiger partial charge in [0, 0.05) is 24.2 Å². The van der Waals surface area contributed by atoms with E-state index in [9.17, 15) is 5.11 Å². The van der Waals surface area contributed by atoms with E-state index in [0.29, 0.717) is 5.69 Å². The summed E-state index contributed by atoms with van der Waals surface area (Å²) in [7, 11) is 1.84. The fourth-order valence-corrected chi connectivity index (χ4v) is 1.47. The molecular formula is C9H11N3O. The zero-order valence-corrected chi connectivity index (χ0v) is 7.57. The van der Waals surface area contributed by atoms with Crippen LogP contribution in [0.1, 0.15) is 5.56 Å². The lowest BCUT2D eigenvalue weighted by Crippen LogP contribution is -1.89. The van der Waals surface area contributed by atoms with Gasteiger partial charge in [-0.15, -0.1) is 0 Å². The highest BCUT2D eigenvalue weighted by Crippen LogP contribution is 2.30. The van der Waals surface area contributed by atoms with E-state index in [4.69, 9.17) is 5.73 Å². The van der Waals surface area contributed by atoms with Gasteiger partial charge in [0.1, 0.15) is 5.75 Å². The molecule has 4 heteroatoms. The second kappa shape index (κ2) is 2.39. The number of rotatable bonds is 0. The summed E-state index contributed by atoms with van der Waals surface area (Å²) in [5.74, 6) is 0.131.